The summed E-state index contributed by atoms with van der Waals surface area (Å²) in [4.78, 5) is 12.9. The second-order valence-electron chi connectivity index (χ2n) is 12.1. The number of carbonyl (C=O) groups excluding carboxylic acids is 1. The zero-order valence-electron chi connectivity index (χ0n) is 23.5. The highest BCUT2D eigenvalue weighted by molar-refractivity contribution is 5.92. The lowest BCUT2D eigenvalue weighted by Crippen LogP contribution is -2.26. The van der Waals surface area contributed by atoms with Crippen LogP contribution in [0.1, 0.15) is 160 Å². The molecule has 1 aromatic rings. The summed E-state index contributed by atoms with van der Waals surface area (Å²) in [5, 5.41) is 10.6. The highest BCUT2D eigenvalue weighted by atomic mass is 16.5. The Morgan fingerprint density at radius 3 is 1.50 bits per heavy atom. The first-order valence-electron chi connectivity index (χ1n) is 14.0. The molecule has 0 heterocycles. The minimum Gasteiger partial charge on any atom is -0.508 e. The first kappa shape index (κ1) is 30.5. The van der Waals surface area contributed by atoms with Crippen LogP contribution in [0.15, 0.2) is 12.1 Å². The standard InChI is InChI=1S/C31H54O3/c1-8-9-10-11-12-13-14-15-16-17-18-19-20-21-24-34-29(33)25-22-23-26(32)28(31(5,6)7)27(25)30(2,3)4/h22-23,32H,8-21,24H2,1-7H3. The molecule has 0 unspecified atom stereocenters. The maximum Gasteiger partial charge on any atom is 0.338 e. The molecule has 196 valence electrons. The summed E-state index contributed by atoms with van der Waals surface area (Å²) in [7, 11) is 0. The van der Waals surface area contributed by atoms with Gasteiger partial charge in [0.05, 0.1) is 12.2 Å². The summed E-state index contributed by atoms with van der Waals surface area (Å²) in [5.74, 6) is -0.0222. The van der Waals surface area contributed by atoms with Gasteiger partial charge in [-0.05, 0) is 34.9 Å². The molecule has 0 atom stereocenters. The SMILES string of the molecule is CCCCCCCCCCCCCCCCOC(=O)c1ccc(O)c(C(C)(C)C)c1C(C)(C)C. The van der Waals surface area contributed by atoms with Crippen LogP contribution in [0.4, 0.5) is 0 Å². The molecule has 0 aliphatic heterocycles. The van der Waals surface area contributed by atoms with E-state index in [2.05, 4.69) is 48.5 Å². The Morgan fingerprint density at radius 1 is 0.676 bits per heavy atom. The fourth-order valence-electron chi connectivity index (χ4n) is 4.84. The lowest BCUT2D eigenvalue weighted by molar-refractivity contribution is 0.0494. The largest absolute Gasteiger partial charge is 0.508 e. The predicted octanol–water partition coefficient (Wildman–Crippen LogP) is 9.63. The summed E-state index contributed by atoms with van der Waals surface area (Å²) in [6.45, 7) is 15.2. The smallest absolute Gasteiger partial charge is 0.338 e. The normalized spacial score (nSPS) is 12.2. The number of aromatic hydroxyl groups is 1. The second kappa shape index (κ2) is 15.5. The van der Waals surface area contributed by atoms with Gasteiger partial charge in [0.2, 0.25) is 0 Å². The Morgan fingerprint density at radius 2 is 1.09 bits per heavy atom. The van der Waals surface area contributed by atoms with Crippen LogP contribution in [-0.2, 0) is 15.6 Å². The Kier molecular flexibility index (Phi) is 13.9. The van der Waals surface area contributed by atoms with Crippen molar-refractivity contribution in [1.29, 1.82) is 0 Å². The molecule has 0 aromatic heterocycles. The summed E-state index contributed by atoms with van der Waals surface area (Å²) in [5.41, 5.74) is 1.78. The van der Waals surface area contributed by atoms with Crippen molar-refractivity contribution in [3.8, 4) is 5.75 Å². The molecule has 0 saturated carbocycles. The van der Waals surface area contributed by atoms with Crippen molar-refractivity contribution in [2.75, 3.05) is 6.61 Å². The number of esters is 1. The molecule has 0 radical (unpaired) electrons. The number of unbranched alkanes of at least 4 members (excludes halogenated alkanes) is 13. The van der Waals surface area contributed by atoms with Crippen molar-refractivity contribution >= 4 is 5.97 Å². The number of hydrogen-bond donors (Lipinski definition) is 1. The maximum absolute atomic E-state index is 12.9. The van der Waals surface area contributed by atoms with Gasteiger partial charge < -0.3 is 9.84 Å². The number of hydrogen-bond acceptors (Lipinski definition) is 3. The van der Waals surface area contributed by atoms with Gasteiger partial charge in [0.25, 0.3) is 0 Å². The van der Waals surface area contributed by atoms with Crippen molar-refractivity contribution < 1.29 is 14.6 Å². The zero-order chi connectivity index (χ0) is 25.6. The molecule has 34 heavy (non-hydrogen) atoms. The van der Waals surface area contributed by atoms with E-state index in [1.54, 1.807) is 12.1 Å². The first-order valence-corrected chi connectivity index (χ1v) is 14.0. The Balaban J connectivity index is 2.32. The van der Waals surface area contributed by atoms with Crippen molar-refractivity contribution in [2.45, 2.75) is 149 Å². The van der Waals surface area contributed by atoms with Crippen LogP contribution in [0.25, 0.3) is 0 Å². The second-order valence-corrected chi connectivity index (χ2v) is 12.1. The number of phenols is 1. The Bertz CT molecular complexity index is 707. The molecule has 3 nitrogen and oxygen atoms in total. The minimum atomic E-state index is -0.273. The number of phenolic OH excluding ortho intramolecular Hbond substituents is 1. The van der Waals surface area contributed by atoms with Crippen LogP contribution in [0, 0.1) is 0 Å². The number of rotatable bonds is 16. The summed E-state index contributed by atoms with van der Waals surface area (Å²) in [6, 6.07) is 3.36. The van der Waals surface area contributed by atoms with E-state index < -0.39 is 0 Å². The molecule has 3 heteroatoms. The van der Waals surface area contributed by atoms with Crippen molar-refractivity contribution in [3.63, 3.8) is 0 Å². The van der Waals surface area contributed by atoms with Gasteiger partial charge in [-0.2, -0.15) is 0 Å². The predicted molar refractivity (Wildman–Crippen MR) is 146 cm³/mol. The summed E-state index contributed by atoms with van der Waals surface area (Å²) < 4.78 is 5.66. The minimum absolute atomic E-state index is 0.251. The van der Waals surface area contributed by atoms with Crippen molar-refractivity contribution in [2.24, 2.45) is 0 Å². The van der Waals surface area contributed by atoms with Gasteiger partial charge in [0.1, 0.15) is 5.75 Å². The molecular weight excluding hydrogens is 420 g/mol. The van der Waals surface area contributed by atoms with E-state index >= 15 is 0 Å². The van der Waals surface area contributed by atoms with E-state index in [9.17, 15) is 9.90 Å². The topological polar surface area (TPSA) is 46.5 Å². The third-order valence-corrected chi connectivity index (χ3v) is 6.63. The molecule has 0 amide bonds. The van der Waals surface area contributed by atoms with E-state index in [0.717, 1.165) is 24.0 Å². The molecule has 1 rings (SSSR count). The van der Waals surface area contributed by atoms with Gasteiger partial charge in [0, 0.05) is 5.56 Å². The highest BCUT2D eigenvalue weighted by Gasteiger charge is 2.32. The fraction of sp³-hybridized carbons (Fsp3) is 0.774. The summed E-state index contributed by atoms with van der Waals surface area (Å²) in [6.07, 6.45) is 18.4. The van der Waals surface area contributed by atoms with Crippen LogP contribution >= 0.6 is 0 Å². The van der Waals surface area contributed by atoms with Gasteiger partial charge in [-0.25, -0.2) is 4.79 Å². The zero-order valence-corrected chi connectivity index (χ0v) is 23.5. The molecule has 1 N–H and O–H groups in total. The lowest BCUT2D eigenvalue weighted by atomic mass is 9.72. The molecule has 0 aliphatic carbocycles. The van der Waals surface area contributed by atoms with Gasteiger partial charge in [-0.15, -0.1) is 0 Å². The Hall–Kier alpha value is -1.51. The summed E-state index contributed by atoms with van der Waals surface area (Å²) >= 11 is 0. The van der Waals surface area contributed by atoms with Crippen molar-refractivity contribution in [1.82, 2.24) is 0 Å². The van der Waals surface area contributed by atoms with Gasteiger partial charge in [0.15, 0.2) is 0 Å². The fourth-order valence-corrected chi connectivity index (χ4v) is 4.84. The van der Waals surface area contributed by atoms with Crippen molar-refractivity contribution in [3.05, 3.63) is 28.8 Å². The van der Waals surface area contributed by atoms with Crippen LogP contribution < -0.4 is 0 Å². The van der Waals surface area contributed by atoms with Crippen LogP contribution in [-0.4, -0.2) is 17.7 Å². The average Bonchev–Trinajstić information content (AvgIpc) is 2.74. The molecular formula is C31H54O3. The van der Waals surface area contributed by atoms with E-state index in [0.29, 0.717) is 12.2 Å². The number of ether oxygens (including phenoxy) is 1. The number of benzene rings is 1. The van der Waals surface area contributed by atoms with E-state index in [4.69, 9.17) is 4.74 Å². The third-order valence-electron chi connectivity index (χ3n) is 6.63. The average molecular weight is 475 g/mol. The van der Waals surface area contributed by atoms with Crippen LogP contribution in [0.3, 0.4) is 0 Å². The monoisotopic (exact) mass is 474 g/mol. The van der Waals surface area contributed by atoms with E-state index in [-0.39, 0.29) is 22.5 Å². The molecule has 0 saturated heterocycles. The van der Waals surface area contributed by atoms with Gasteiger partial charge in [-0.3, -0.25) is 0 Å². The molecule has 0 bridgehead atoms. The first-order chi connectivity index (χ1) is 16.0. The van der Waals surface area contributed by atoms with Gasteiger partial charge in [-0.1, -0.05) is 132 Å². The van der Waals surface area contributed by atoms with E-state index in [1.807, 2.05) is 0 Å². The number of carbonyl (C=O) groups is 1. The van der Waals surface area contributed by atoms with Gasteiger partial charge >= 0.3 is 5.97 Å². The van der Waals surface area contributed by atoms with E-state index in [1.165, 1.54) is 77.0 Å². The quantitative estimate of drug-likeness (QED) is 0.191. The maximum atomic E-state index is 12.9. The molecule has 0 fully saturated rings. The molecule has 0 spiro atoms. The lowest BCUT2D eigenvalue weighted by Gasteiger charge is -2.32. The Labute approximate surface area is 211 Å². The van der Waals surface area contributed by atoms with Crippen LogP contribution in [0.2, 0.25) is 0 Å². The van der Waals surface area contributed by atoms with Crippen LogP contribution in [0.5, 0.6) is 5.75 Å². The molecule has 0 aliphatic rings. The third kappa shape index (κ3) is 11.3. The molecule has 1 aromatic carbocycles. The highest BCUT2D eigenvalue weighted by Crippen LogP contribution is 2.41.